The minimum Gasteiger partial charge on any atom is -0.352 e. The molecule has 2 amide bonds. The van der Waals surface area contributed by atoms with Gasteiger partial charge in [-0.2, -0.15) is 0 Å². The average Bonchev–Trinajstić information content (AvgIpc) is 3.37. The van der Waals surface area contributed by atoms with E-state index in [1.54, 1.807) is 23.1 Å². The summed E-state index contributed by atoms with van der Waals surface area (Å²) in [7, 11) is 0. The van der Waals surface area contributed by atoms with Crippen molar-refractivity contribution in [3.63, 3.8) is 0 Å². The molecule has 0 aromatic heterocycles. The van der Waals surface area contributed by atoms with Crippen LogP contribution >= 0.6 is 39.1 Å². The summed E-state index contributed by atoms with van der Waals surface area (Å²) in [5, 5.41) is 4.08. The number of rotatable bonds is 9. The minimum absolute atomic E-state index is 0.108. The van der Waals surface area contributed by atoms with Crippen molar-refractivity contribution in [1.29, 1.82) is 0 Å². The molecule has 0 bridgehead atoms. The van der Waals surface area contributed by atoms with Crippen LogP contribution in [0.5, 0.6) is 0 Å². The molecule has 0 aliphatic heterocycles. The molecule has 1 saturated carbocycles. The van der Waals surface area contributed by atoms with Crippen molar-refractivity contribution in [2.75, 3.05) is 0 Å². The second-order valence-corrected chi connectivity index (χ2v) is 11.0. The molecule has 4 rings (SSSR count). The van der Waals surface area contributed by atoms with E-state index in [-0.39, 0.29) is 24.3 Å². The standard InChI is InChI=1S/C29H29BrCl2N2O2/c30-23-10-6-9-22(15-23)19-34(28(35)18-21-13-14-25(31)26(32)16-21)27(17-20-7-2-1-3-8-20)29(36)33-24-11-4-5-12-24/h1-3,6-10,13-16,24,27H,4-5,11-12,17-19H2,(H,33,36)/t27-/m0/s1. The highest BCUT2D eigenvalue weighted by Crippen LogP contribution is 2.25. The quantitative estimate of drug-likeness (QED) is 0.293. The Balaban J connectivity index is 1.66. The predicted octanol–water partition coefficient (Wildman–Crippen LogP) is 7.00. The third-order valence-electron chi connectivity index (χ3n) is 6.55. The van der Waals surface area contributed by atoms with Gasteiger partial charge in [0, 0.05) is 23.5 Å². The van der Waals surface area contributed by atoms with Crippen LogP contribution in [0, 0.1) is 0 Å². The fraction of sp³-hybridized carbons (Fsp3) is 0.310. The topological polar surface area (TPSA) is 49.4 Å². The summed E-state index contributed by atoms with van der Waals surface area (Å²) >= 11 is 15.8. The second kappa shape index (κ2) is 12.8. The van der Waals surface area contributed by atoms with Gasteiger partial charge in [-0.1, -0.05) is 101 Å². The van der Waals surface area contributed by atoms with Crippen LogP contribution in [0.3, 0.4) is 0 Å². The van der Waals surface area contributed by atoms with Crippen molar-refractivity contribution in [3.05, 3.63) is 104 Å². The lowest BCUT2D eigenvalue weighted by molar-refractivity contribution is -0.141. The van der Waals surface area contributed by atoms with Crippen molar-refractivity contribution in [2.45, 2.75) is 57.2 Å². The lowest BCUT2D eigenvalue weighted by Crippen LogP contribution is -2.52. The molecule has 1 aliphatic carbocycles. The minimum atomic E-state index is -0.651. The Bertz CT molecular complexity index is 1200. The maximum Gasteiger partial charge on any atom is 0.243 e. The number of halogens is 3. The average molecular weight is 588 g/mol. The van der Waals surface area contributed by atoms with E-state index < -0.39 is 6.04 Å². The fourth-order valence-electron chi connectivity index (χ4n) is 4.68. The number of benzene rings is 3. The third-order valence-corrected chi connectivity index (χ3v) is 7.79. The van der Waals surface area contributed by atoms with Crippen molar-refractivity contribution in [3.8, 4) is 0 Å². The number of nitrogens with zero attached hydrogens (tertiary/aromatic N) is 1. The molecule has 0 radical (unpaired) electrons. The molecule has 0 unspecified atom stereocenters. The molecule has 0 saturated heterocycles. The van der Waals surface area contributed by atoms with Gasteiger partial charge in [-0.15, -0.1) is 0 Å². The first kappa shape index (κ1) is 26.7. The Hall–Kier alpha value is -2.34. The maximum atomic E-state index is 13.8. The Morgan fingerprint density at radius 3 is 2.31 bits per heavy atom. The summed E-state index contributed by atoms with van der Waals surface area (Å²) in [5.74, 6) is -0.251. The molecule has 7 heteroatoms. The van der Waals surface area contributed by atoms with Gasteiger partial charge >= 0.3 is 0 Å². The van der Waals surface area contributed by atoms with Gasteiger partial charge < -0.3 is 10.2 Å². The van der Waals surface area contributed by atoms with E-state index in [9.17, 15) is 9.59 Å². The first-order valence-corrected chi connectivity index (χ1v) is 13.8. The number of carbonyl (C=O) groups is 2. The monoisotopic (exact) mass is 586 g/mol. The van der Waals surface area contributed by atoms with Crippen molar-refractivity contribution < 1.29 is 9.59 Å². The van der Waals surface area contributed by atoms with E-state index in [2.05, 4.69) is 21.2 Å². The lowest BCUT2D eigenvalue weighted by Gasteiger charge is -2.32. The molecule has 3 aromatic rings. The van der Waals surface area contributed by atoms with E-state index in [1.165, 1.54) is 0 Å². The van der Waals surface area contributed by atoms with Gasteiger partial charge in [0.1, 0.15) is 6.04 Å². The molecule has 188 valence electrons. The molecule has 3 aromatic carbocycles. The highest BCUT2D eigenvalue weighted by Gasteiger charge is 2.32. The summed E-state index contributed by atoms with van der Waals surface area (Å²) in [6.07, 6.45) is 4.74. The zero-order valence-electron chi connectivity index (χ0n) is 19.9. The van der Waals surface area contributed by atoms with Gasteiger partial charge in [-0.05, 0) is 53.8 Å². The van der Waals surface area contributed by atoms with E-state index in [4.69, 9.17) is 23.2 Å². The highest BCUT2D eigenvalue weighted by molar-refractivity contribution is 9.10. The summed E-state index contributed by atoms with van der Waals surface area (Å²) in [6, 6.07) is 22.4. The first-order valence-electron chi connectivity index (χ1n) is 12.2. The second-order valence-electron chi connectivity index (χ2n) is 9.27. The number of hydrogen-bond acceptors (Lipinski definition) is 2. The third kappa shape index (κ3) is 7.34. The molecule has 0 spiro atoms. The molecule has 1 atom stereocenters. The van der Waals surface area contributed by atoms with Crippen molar-refractivity contribution in [2.24, 2.45) is 0 Å². The van der Waals surface area contributed by atoms with Crippen LogP contribution in [0.15, 0.2) is 77.3 Å². The Kier molecular flexibility index (Phi) is 9.47. The van der Waals surface area contributed by atoms with E-state index in [0.717, 1.165) is 46.8 Å². The number of hydrogen-bond donors (Lipinski definition) is 1. The van der Waals surface area contributed by atoms with E-state index in [1.807, 2.05) is 54.6 Å². The summed E-state index contributed by atoms with van der Waals surface area (Å²) in [5.41, 5.74) is 2.70. The Labute approximate surface area is 231 Å². The Morgan fingerprint density at radius 2 is 1.61 bits per heavy atom. The van der Waals surface area contributed by atoms with Crippen molar-refractivity contribution in [1.82, 2.24) is 10.2 Å². The molecule has 1 aliphatic rings. The Morgan fingerprint density at radius 1 is 0.889 bits per heavy atom. The summed E-state index contributed by atoms with van der Waals surface area (Å²) in [6.45, 7) is 0.315. The van der Waals surface area contributed by atoms with Gasteiger partial charge in [-0.25, -0.2) is 0 Å². The summed E-state index contributed by atoms with van der Waals surface area (Å²) < 4.78 is 0.923. The van der Waals surface area contributed by atoms with Crippen LogP contribution < -0.4 is 5.32 Å². The lowest BCUT2D eigenvalue weighted by atomic mass is 10.0. The molecule has 1 fully saturated rings. The van der Waals surface area contributed by atoms with E-state index >= 15 is 0 Å². The SMILES string of the molecule is O=C(NC1CCCC1)[C@H](Cc1ccccc1)N(Cc1cccc(Br)c1)C(=O)Cc1ccc(Cl)c(Cl)c1. The maximum absolute atomic E-state index is 13.8. The van der Waals surface area contributed by atoms with Gasteiger partial charge in [0.25, 0.3) is 0 Å². The van der Waals surface area contributed by atoms with Gasteiger partial charge in [0.15, 0.2) is 0 Å². The van der Waals surface area contributed by atoms with Gasteiger partial charge in [0.2, 0.25) is 11.8 Å². The number of nitrogens with one attached hydrogen (secondary N) is 1. The molecule has 0 heterocycles. The fourth-order valence-corrected chi connectivity index (χ4v) is 5.45. The van der Waals surface area contributed by atoms with Gasteiger partial charge in [0.05, 0.1) is 16.5 Å². The zero-order valence-corrected chi connectivity index (χ0v) is 23.0. The van der Waals surface area contributed by atoms with Crippen LogP contribution in [0.4, 0.5) is 0 Å². The summed E-state index contributed by atoms with van der Waals surface area (Å²) in [4.78, 5) is 29.2. The first-order chi connectivity index (χ1) is 17.4. The van der Waals surface area contributed by atoms with Crippen LogP contribution in [0.25, 0.3) is 0 Å². The van der Waals surface area contributed by atoms with Crippen molar-refractivity contribution >= 4 is 50.9 Å². The zero-order chi connectivity index (χ0) is 25.5. The normalized spacial score (nSPS) is 14.4. The molecule has 4 nitrogen and oxygen atoms in total. The van der Waals surface area contributed by atoms with Gasteiger partial charge in [-0.3, -0.25) is 9.59 Å². The number of carbonyl (C=O) groups excluding carboxylic acids is 2. The number of amides is 2. The molecular formula is C29H29BrCl2N2O2. The van der Waals surface area contributed by atoms with Crippen LogP contribution in [-0.2, 0) is 29.0 Å². The van der Waals surface area contributed by atoms with Crippen LogP contribution in [0.1, 0.15) is 42.4 Å². The van der Waals surface area contributed by atoms with E-state index in [0.29, 0.717) is 23.0 Å². The molecule has 36 heavy (non-hydrogen) atoms. The predicted molar refractivity (Wildman–Crippen MR) is 149 cm³/mol. The molecular weight excluding hydrogens is 559 g/mol. The van der Waals surface area contributed by atoms with Crippen LogP contribution in [-0.4, -0.2) is 28.8 Å². The smallest absolute Gasteiger partial charge is 0.243 e. The highest BCUT2D eigenvalue weighted by atomic mass is 79.9. The largest absolute Gasteiger partial charge is 0.352 e. The molecule has 1 N–H and O–H groups in total. The van der Waals surface area contributed by atoms with Crippen LogP contribution in [0.2, 0.25) is 10.0 Å².